The van der Waals surface area contributed by atoms with E-state index < -0.39 is 6.10 Å². The third-order valence-corrected chi connectivity index (χ3v) is 4.26. The van der Waals surface area contributed by atoms with E-state index in [-0.39, 0.29) is 11.7 Å². The summed E-state index contributed by atoms with van der Waals surface area (Å²) in [5.74, 6) is 1.02. The van der Waals surface area contributed by atoms with Crippen molar-refractivity contribution in [2.24, 2.45) is 5.92 Å². The third-order valence-electron chi connectivity index (χ3n) is 4.26. The summed E-state index contributed by atoms with van der Waals surface area (Å²) < 4.78 is 5.94. The van der Waals surface area contributed by atoms with Crippen molar-refractivity contribution in [2.45, 2.75) is 33.3 Å². The van der Waals surface area contributed by atoms with Gasteiger partial charge in [0.25, 0.3) is 5.91 Å². The molecule has 4 heteroatoms. The Labute approximate surface area is 142 Å². The highest BCUT2D eigenvalue weighted by Crippen LogP contribution is 2.37. The lowest BCUT2D eigenvalue weighted by atomic mass is 10.00. The van der Waals surface area contributed by atoms with E-state index in [1.54, 1.807) is 23.1 Å². The lowest BCUT2D eigenvalue weighted by molar-refractivity contribution is -0.126. The minimum atomic E-state index is -0.570. The van der Waals surface area contributed by atoms with Gasteiger partial charge in [-0.3, -0.25) is 4.79 Å². The maximum atomic E-state index is 13.0. The molecule has 1 amide bonds. The second kappa shape index (κ2) is 6.56. The number of aryl methyl sites for hydroxylation is 1. The lowest BCUT2D eigenvalue weighted by Gasteiger charge is -2.35. The van der Waals surface area contributed by atoms with Gasteiger partial charge in [-0.2, -0.15) is 0 Å². The van der Waals surface area contributed by atoms with Crippen molar-refractivity contribution in [3.05, 3.63) is 53.6 Å². The average molecular weight is 325 g/mol. The SMILES string of the molecule is Cc1ccccc1CC1Oc2cc(O)ccc2N(CC(C)C)C1=O. The van der Waals surface area contributed by atoms with E-state index >= 15 is 0 Å². The van der Waals surface area contributed by atoms with Crippen LogP contribution in [0, 0.1) is 12.8 Å². The van der Waals surface area contributed by atoms with Crippen LogP contribution in [0.3, 0.4) is 0 Å². The van der Waals surface area contributed by atoms with Gasteiger partial charge in [-0.05, 0) is 36.1 Å². The number of carbonyl (C=O) groups excluding carboxylic acids is 1. The number of ether oxygens (including phenoxy) is 1. The van der Waals surface area contributed by atoms with Gasteiger partial charge in [-0.25, -0.2) is 0 Å². The summed E-state index contributed by atoms with van der Waals surface area (Å²) >= 11 is 0. The molecule has 0 saturated heterocycles. The van der Waals surface area contributed by atoms with E-state index in [1.165, 1.54) is 0 Å². The zero-order valence-corrected chi connectivity index (χ0v) is 14.3. The zero-order chi connectivity index (χ0) is 17.3. The molecule has 0 aliphatic carbocycles. The molecule has 24 heavy (non-hydrogen) atoms. The van der Waals surface area contributed by atoms with Gasteiger partial charge in [0.1, 0.15) is 11.5 Å². The molecule has 126 valence electrons. The number of carbonyl (C=O) groups is 1. The van der Waals surface area contributed by atoms with Crippen molar-refractivity contribution < 1.29 is 14.6 Å². The number of fused-ring (bicyclic) bond motifs is 1. The molecule has 4 nitrogen and oxygen atoms in total. The minimum absolute atomic E-state index is 0.0230. The van der Waals surface area contributed by atoms with Gasteiger partial charge in [-0.1, -0.05) is 38.1 Å². The van der Waals surface area contributed by atoms with E-state index in [4.69, 9.17) is 4.74 Å². The van der Waals surface area contributed by atoms with Crippen molar-refractivity contribution in [2.75, 3.05) is 11.4 Å². The third kappa shape index (κ3) is 3.23. The van der Waals surface area contributed by atoms with Crippen LogP contribution in [0.2, 0.25) is 0 Å². The molecule has 0 fully saturated rings. The van der Waals surface area contributed by atoms with Crippen LogP contribution >= 0.6 is 0 Å². The molecule has 2 aromatic rings. The Hall–Kier alpha value is -2.49. The molecule has 0 spiro atoms. The van der Waals surface area contributed by atoms with E-state index in [0.29, 0.717) is 24.6 Å². The fourth-order valence-electron chi connectivity index (χ4n) is 3.04. The van der Waals surface area contributed by atoms with Gasteiger partial charge < -0.3 is 14.7 Å². The Morgan fingerprint density at radius 1 is 1.21 bits per heavy atom. The normalized spacial score (nSPS) is 16.9. The van der Waals surface area contributed by atoms with Crippen LogP contribution in [-0.4, -0.2) is 23.7 Å². The molecular weight excluding hydrogens is 302 g/mol. The van der Waals surface area contributed by atoms with E-state index in [2.05, 4.69) is 13.8 Å². The molecule has 1 heterocycles. The van der Waals surface area contributed by atoms with Crippen molar-refractivity contribution in [3.63, 3.8) is 0 Å². The summed E-state index contributed by atoms with van der Waals surface area (Å²) in [6, 6.07) is 12.9. The molecule has 1 N–H and O–H groups in total. The molecule has 0 radical (unpaired) electrons. The Bertz CT molecular complexity index is 754. The maximum Gasteiger partial charge on any atom is 0.268 e. The number of phenols is 1. The molecule has 2 aromatic carbocycles. The Morgan fingerprint density at radius 2 is 1.96 bits per heavy atom. The first-order valence-electron chi connectivity index (χ1n) is 8.31. The van der Waals surface area contributed by atoms with Crippen molar-refractivity contribution >= 4 is 11.6 Å². The van der Waals surface area contributed by atoms with Crippen LogP contribution in [0.5, 0.6) is 11.5 Å². The predicted octanol–water partition coefficient (Wildman–Crippen LogP) is 3.69. The van der Waals surface area contributed by atoms with Gasteiger partial charge in [0.2, 0.25) is 0 Å². The molecule has 1 atom stereocenters. The lowest BCUT2D eigenvalue weighted by Crippen LogP contribution is -2.48. The number of rotatable bonds is 4. The smallest absolute Gasteiger partial charge is 0.268 e. The zero-order valence-electron chi connectivity index (χ0n) is 14.3. The first-order valence-corrected chi connectivity index (χ1v) is 8.31. The van der Waals surface area contributed by atoms with E-state index in [9.17, 15) is 9.90 Å². The molecule has 0 aromatic heterocycles. The quantitative estimate of drug-likeness (QED) is 0.932. The average Bonchev–Trinajstić information content (AvgIpc) is 2.53. The van der Waals surface area contributed by atoms with Gasteiger partial charge in [0.05, 0.1) is 5.69 Å². The van der Waals surface area contributed by atoms with Gasteiger partial charge in [0, 0.05) is 19.0 Å². The number of nitrogens with zero attached hydrogens (tertiary/aromatic N) is 1. The van der Waals surface area contributed by atoms with Crippen LogP contribution in [0.1, 0.15) is 25.0 Å². The number of anilines is 1. The van der Waals surface area contributed by atoms with Crippen LogP contribution in [0.4, 0.5) is 5.69 Å². The highest BCUT2D eigenvalue weighted by atomic mass is 16.5. The van der Waals surface area contributed by atoms with E-state index in [0.717, 1.165) is 16.8 Å². The molecule has 1 aliphatic heterocycles. The van der Waals surface area contributed by atoms with Crippen LogP contribution in [0.15, 0.2) is 42.5 Å². The molecule has 1 aliphatic rings. The Balaban J connectivity index is 1.94. The summed E-state index contributed by atoms with van der Waals surface area (Å²) in [4.78, 5) is 14.7. The van der Waals surface area contributed by atoms with Crippen molar-refractivity contribution in [3.8, 4) is 11.5 Å². The minimum Gasteiger partial charge on any atom is -0.508 e. The largest absolute Gasteiger partial charge is 0.508 e. The first-order chi connectivity index (χ1) is 11.5. The summed E-state index contributed by atoms with van der Waals surface area (Å²) in [7, 11) is 0. The molecule has 0 saturated carbocycles. The summed E-state index contributed by atoms with van der Waals surface area (Å²) in [6.07, 6.45) is -0.0472. The van der Waals surface area contributed by atoms with Crippen molar-refractivity contribution in [1.29, 1.82) is 0 Å². The second-order valence-electron chi connectivity index (χ2n) is 6.73. The van der Waals surface area contributed by atoms with Gasteiger partial charge in [0.15, 0.2) is 6.10 Å². The number of amides is 1. The highest BCUT2D eigenvalue weighted by Gasteiger charge is 2.35. The monoisotopic (exact) mass is 325 g/mol. The fourth-order valence-corrected chi connectivity index (χ4v) is 3.04. The topological polar surface area (TPSA) is 49.8 Å². The second-order valence-corrected chi connectivity index (χ2v) is 6.73. The standard InChI is InChI=1S/C20H23NO3/c1-13(2)12-21-17-9-8-16(22)11-18(17)24-19(20(21)23)10-15-7-5-4-6-14(15)3/h4-9,11,13,19,22H,10,12H2,1-3H3. The van der Waals surface area contributed by atoms with Gasteiger partial charge >= 0.3 is 0 Å². The first kappa shape index (κ1) is 16.4. The number of phenolic OH excluding ortho intramolecular Hbond substituents is 1. The summed E-state index contributed by atoms with van der Waals surface area (Å²) in [5.41, 5.74) is 2.97. The Kier molecular flexibility index (Phi) is 4.47. The highest BCUT2D eigenvalue weighted by molar-refractivity contribution is 6.00. The number of benzene rings is 2. The molecular formula is C20H23NO3. The number of aromatic hydroxyl groups is 1. The molecule has 0 bridgehead atoms. The summed E-state index contributed by atoms with van der Waals surface area (Å²) in [6.45, 7) is 6.83. The van der Waals surface area contributed by atoms with Crippen LogP contribution in [0.25, 0.3) is 0 Å². The van der Waals surface area contributed by atoms with E-state index in [1.807, 2.05) is 31.2 Å². The summed E-state index contributed by atoms with van der Waals surface area (Å²) in [5, 5.41) is 9.76. The number of hydrogen-bond donors (Lipinski definition) is 1. The molecule has 3 rings (SSSR count). The Morgan fingerprint density at radius 3 is 2.67 bits per heavy atom. The van der Waals surface area contributed by atoms with Crippen LogP contribution < -0.4 is 9.64 Å². The fraction of sp³-hybridized carbons (Fsp3) is 0.350. The molecule has 1 unspecified atom stereocenters. The van der Waals surface area contributed by atoms with Gasteiger partial charge in [-0.15, -0.1) is 0 Å². The predicted molar refractivity (Wildman–Crippen MR) is 94.6 cm³/mol. The van der Waals surface area contributed by atoms with Crippen LogP contribution in [-0.2, 0) is 11.2 Å². The number of hydrogen-bond acceptors (Lipinski definition) is 3. The maximum absolute atomic E-state index is 13.0. The van der Waals surface area contributed by atoms with Crippen molar-refractivity contribution in [1.82, 2.24) is 0 Å².